The van der Waals surface area contributed by atoms with Crippen molar-refractivity contribution in [3.05, 3.63) is 12.4 Å². The van der Waals surface area contributed by atoms with Crippen LogP contribution in [0.2, 0.25) is 0 Å². The highest BCUT2D eigenvalue weighted by molar-refractivity contribution is 5.42. The zero-order chi connectivity index (χ0) is 13.7. The molecule has 0 atom stereocenters. The molecule has 10 heteroatoms. The molecule has 102 valence electrons. The minimum Gasteiger partial charge on any atom is -0.352 e. The quantitative estimate of drug-likeness (QED) is 0.442. The predicted molar refractivity (Wildman–Crippen MR) is 70.5 cm³/mol. The van der Waals surface area contributed by atoms with E-state index in [1.54, 1.807) is 22.0 Å². The molecule has 0 fully saturated rings. The number of aromatic nitrogens is 6. The second-order valence-corrected chi connectivity index (χ2v) is 3.91. The molecule has 0 unspecified atom stereocenters. The summed E-state index contributed by atoms with van der Waals surface area (Å²) in [6.45, 7) is 1.28. The first-order valence-electron chi connectivity index (χ1n) is 5.67. The summed E-state index contributed by atoms with van der Waals surface area (Å²) in [5.74, 6) is 6.60. The molecule has 2 aromatic rings. The number of nitrogens with zero attached hydrogens (tertiary/aromatic N) is 7. The first kappa shape index (κ1) is 13.0. The molecule has 0 aliphatic heterocycles. The zero-order valence-corrected chi connectivity index (χ0v) is 10.8. The van der Waals surface area contributed by atoms with E-state index in [2.05, 4.69) is 36.0 Å². The minimum absolute atomic E-state index is 0.307. The number of nitrogens with one attached hydrogen (secondary N) is 2. The second-order valence-electron chi connectivity index (χ2n) is 3.91. The molecule has 0 spiro atoms. The van der Waals surface area contributed by atoms with Gasteiger partial charge >= 0.3 is 0 Å². The van der Waals surface area contributed by atoms with E-state index in [1.165, 1.54) is 0 Å². The minimum atomic E-state index is 0.307. The molecule has 2 rings (SSSR count). The topological polar surface area (TPSA) is 123 Å². The van der Waals surface area contributed by atoms with Crippen molar-refractivity contribution < 1.29 is 0 Å². The Morgan fingerprint density at radius 2 is 2.05 bits per heavy atom. The van der Waals surface area contributed by atoms with Crippen molar-refractivity contribution in [1.29, 1.82) is 0 Å². The van der Waals surface area contributed by atoms with E-state index in [-0.39, 0.29) is 0 Å². The van der Waals surface area contributed by atoms with Crippen LogP contribution in [-0.2, 0) is 6.54 Å². The Labute approximate surface area is 110 Å². The van der Waals surface area contributed by atoms with Gasteiger partial charge < -0.3 is 10.2 Å². The summed E-state index contributed by atoms with van der Waals surface area (Å²) in [6.07, 6.45) is 3.41. The summed E-state index contributed by atoms with van der Waals surface area (Å²) in [5.41, 5.74) is 2.41. The maximum Gasteiger partial charge on any atom is 0.243 e. The van der Waals surface area contributed by atoms with Crippen LogP contribution in [0.1, 0.15) is 0 Å². The SMILES string of the molecule is CN(C)c1nc(NN)nc(NCCn2ccnn2)n1. The number of hydrogen-bond acceptors (Lipinski definition) is 9. The molecule has 0 aliphatic rings. The van der Waals surface area contributed by atoms with Crippen LogP contribution in [0.25, 0.3) is 0 Å². The Kier molecular flexibility index (Phi) is 4.03. The van der Waals surface area contributed by atoms with E-state index in [0.29, 0.717) is 30.9 Å². The number of anilines is 3. The third-order valence-corrected chi connectivity index (χ3v) is 2.25. The molecule has 0 saturated carbocycles. The molecule has 2 heterocycles. The number of nitrogens with two attached hydrogens (primary N) is 1. The summed E-state index contributed by atoms with van der Waals surface area (Å²) in [7, 11) is 3.68. The number of rotatable bonds is 6. The summed E-state index contributed by atoms with van der Waals surface area (Å²) in [5, 5.41) is 10.7. The fourth-order valence-corrected chi connectivity index (χ4v) is 1.34. The zero-order valence-electron chi connectivity index (χ0n) is 10.8. The van der Waals surface area contributed by atoms with E-state index < -0.39 is 0 Å². The van der Waals surface area contributed by atoms with Crippen molar-refractivity contribution in [2.24, 2.45) is 5.84 Å². The molecular weight excluding hydrogens is 248 g/mol. The van der Waals surface area contributed by atoms with Crippen LogP contribution in [0.5, 0.6) is 0 Å². The highest BCUT2D eigenvalue weighted by Gasteiger charge is 2.06. The average molecular weight is 264 g/mol. The third kappa shape index (κ3) is 3.48. The summed E-state index contributed by atoms with van der Waals surface area (Å²) < 4.78 is 1.71. The first-order chi connectivity index (χ1) is 9.19. The molecule has 0 aliphatic carbocycles. The summed E-state index contributed by atoms with van der Waals surface area (Å²) in [4.78, 5) is 14.2. The summed E-state index contributed by atoms with van der Waals surface area (Å²) >= 11 is 0. The van der Waals surface area contributed by atoms with Crippen molar-refractivity contribution in [2.75, 3.05) is 36.3 Å². The Hall–Kier alpha value is -2.49. The van der Waals surface area contributed by atoms with Crippen LogP contribution in [0.3, 0.4) is 0 Å². The number of nitrogen functional groups attached to an aromatic ring is 1. The largest absolute Gasteiger partial charge is 0.352 e. The van der Waals surface area contributed by atoms with Crippen molar-refractivity contribution in [1.82, 2.24) is 29.9 Å². The molecule has 0 amide bonds. The molecular formula is C9H16N10. The molecule has 10 nitrogen and oxygen atoms in total. The van der Waals surface area contributed by atoms with Crippen LogP contribution in [0.15, 0.2) is 12.4 Å². The maximum atomic E-state index is 5.32. The van der Waals surface area contributed by atoms with Gasteiger partial charge in [0, 0.05) is 26.8 Å². The molecule has 19 heavy (non-hydrogen) atoms. The van der Waals surface area contributed by atoms with Gasteiger partial charge in [-0.25, -0.2) is 5.84 Å². The normalized spacial score (nSPS) is 10.3. The van der Waals surface area contributed by atoms with E-state index in [0.717, 1.165) is 0 Å². The van der Waals surface area contributed by atoms with Crippen molar-refractivity contribution in [2.45, 2.75) is 6.54 Å². The van der Waals surface area contributed by atoms with Gasteiger partial charge in [0.25, 0.3) is 0 Å². The van der Waals surface area contributed by atoms with Gasteiger partial charge in [-0.3, -0.25) is 10.1 Å². The van der Waals surface area contributed by atoms with Gasteiger partial charge in [0.15, 0.2) is 0 Å². The lowest BCUT2D eigenvalue weighted by atomic mass is 10.6. The lowest BCUT2D eigenvalue weighted by Gasteiger charge is -2.13. The van der Waals surface area contributed by atoms with Gasteiger partial charge in [-0.1, -0.05) is 5.21 Å². The van der Waals surface area contributed by atoms with Gasteiger partial charge in [-0.2, -0.15) is 15.0 Å². The van der Waals surface area contributed by atoms with Crippen LogP contribution in [-0.4, -0.2) is 50.6 Å². The average Bonchev–Trinajstić information content (AvgIpc) is 2.91. The fourth-order valence-electron chi connectivity index (χ4n) is 1.34. The van der Waals surface area contributed by atoms with Crippen LogP contribution in [0, 0.1) is 0 Å². The molecule has 4 N–H and O–H groups in total. The fraction of sp³-hybridized carbons (Fsp3) is 0.444. The van der Waals surface area contributed by atoms with Crippen LogP contribution in [0.4, 0.5) is 17.8 Å². The Morgan fingerprint density at radius 1 is 1.26 bits per heavy atom. The smallest absolute Gasteiger partial charge is 0.243 e. The van der Waals surface area contributed by atoms with Crippen molar-refractivity contribution in [3.8, 4) is 0 Å². The Balaban J connectivity index is 2.00. The van der Waals surface area contributed by atoms with Gasteiger partial charge in [-0.15, -0.1) is 5.10 Å². The Morgan fingerprint density at radius 3 is 2.68 bits per heavy atom. The predicted octanol–water partition coefficient (Wildman–Crippen LogP) is -1.07. The second kappa shape index (κ2) is 5.91. The standard InChI is InChI=1S/C9H16N10/c1-18(2)9-14-7(13-8(15-9)16-10)11-3-5-19-6-4-12-17-19/h4,6H,3,5,10H2,1-2H3,(H2,11,13,14,15,16). The van der Waals surface area contributed by atoms with Gasteiger partial charge in [0.05, 0.1) is 12.7 Å². The molecule has 0 bridgehead atoms. The monoisotopic (exact) mass is 264 g/mol. The van der Waals surface area contributed by atoms with Crippen molar-refractivity contribution >= 4 is 17.8 Å². The maximum absolute atomic E-state index is 5.32. The third-order valence-electron chi connectivity index (χ3n) is 2.25. The van der Waals surface area contributed by atoms with E-state index in [4.69, 9.17) is 5.84 Å². The number of hydrazine groups is 1. The highest BCUT2D eigenvalue weighted by atomic mass is 15.4. The summed E-state index contributed by atoms with van der Waals surface area (Å²) in [6, 6.07) is 0. The molecule has 0 aromatic carbocycles. The van der Waals surface area contributed by atoms with Gasteiger partial charge in [0.1, 0.15) is 0 Å². The molecule has 2 aromatic heterocycles. The lowest BCUT2D eigenvalue weighted by molar-refractivity contribution is 0.607. The molecule has 0 saturated heterocycles. The van der Waals surface area contributed by atoms with Crippen LogP contribution < -0.4 is 21.5 Å². The number of hydrogen-bond donors (Lipinski definition) is 3. The van der Waals surface area contributed by atoms with E-state index >= 15 is 0 Å². The first-order valence-corrected chi connectivity index (χ1v) is 5.67. The highest BCUT2D eigenvalue weighted by Crippen LogP contribution is 2.10. The van der Waals surface area contributed by atoms with Gasteiger partial charge in [-0.05, 0) is 0 Å². The van der Waals surface area contributed by atoms with Gasteiger partial charge in [0.2, 0.25) is 17.8 Å². The Bertz CT molecular complexity index is 508. The lowest BCUT2D eigenvalue weighted by Crippen LogP contribution is -2.20. The van der Waals surface area contributed by atoms with E-state index in [9.17, 15) is 0 Å². The van der Waals surface area contributed by atoms with Crippen LogP contribution >= 0.6 is 0 Å². The molecule has 0 radical (unpaired) electrons. The van der Waals surface area contributed by atoms with E-state index in [1.807, 2.05) is 14.1 Å². The van der Waals surface area contributed by atoms with Crippen molar-refractivity contribution in [3.63, 3.8) is 0 Å².